The fourth-order valence-electron chi connectivity index (χ4n) is 1.02. The Bertz CT molecular complexity index is 478. The van der Waals surface area contributed by atoms with E-state index in [0.29, 0.717) is 16.1 Å². The van der Waals surface area contributed by atoms with Crippen LogP contribution in [0.2, 0.25) is 5.02 Å². The Morgan fingerprint density at radius 3 is 2.56 bits per heavy atom. The summed E-state index contributed by atoms with van der Waals surface area (Å²) in [5, 5.41) is 1.22. The fraction of sp³-hybridized carbons (Fsp3) is 0.100. The molecule has 0 saturated carbocycles. The first-order chi connectivity index (χ1) is 7.78. The smallest absolute Gasteiger partial charge is 0.321 e. The molecule has 0 spiro atoms. The Kier molecular flexibility index (Phi) is 3.69. The first kappa shape index (κ1) is 11.3. The van der Waals surface area contributed by atoms with Crippen LogP contribution in [0.25, 0.3) is 0 Å². The third-order valence-corrected chi connectivity index (χ3v) is 2.58. The molecule has 0 aliphatic heterocycles. The van der Waals surface area contributed by atoms with Crippen molar-refractivity contribution in [2.75, 3.05) is 0 Å². The maximum absolute atomic E-state index is 5.77. The van der Waals surface area contributed by atoms with Gasteiger partial charge >= 0.3 is 6.01 Å². The summed E-state index contributed by atoms with van der Waals surface area (Å²) in [6.45, 7) is 0. The van der Waals surface area contributed by atoms with Crippen LogP contribution < -0.4 is 4.74 Å². The van der Waals surface area contributed by atoms with Crippen LogP contribution in [-0.4, -0.2) is 15.0 Å². The summed E-state index contributed by atoms with van der Waals surface area (Å²) in [5.41, 5.74) is 0.983. The van der Waals surface area contributed by atoms with Gasteiger partial charge in [-0.15, -0.1) is 0 Å². The van der Waals surface area contributed by atoms with Crippen LogP contribution in [0.1, 0.15) is 5.56 Å². The van der Waals surface area contributed by atoms with Crippen LogP contribution >= 0.6 is 27.5 Å². The van der Waals surface area contributed by atoms with E-state index >= 15 is 0 Å². The molecule has 0 fully saturated rings. The average molecular weight is 301 g/mol. The van der Waals surface area contributed by atoms with Gasteiger partial charge in [-0.05, 0) is 5.56 Å². The molecule has 0 aromatic carbocycles. The number of ether oxygens (including phenoxy) is 1. The highest BCUT2D eigenvalue weighted by molar-refractivity contribution is 9.08. The lowest BCUT2D eigenvalue weighted by atomic mass is 10.4. The number of alkyl halides is 1. The van der Waals surface area contributed by atoms with Crippen LogP contribution in [0.15, 0.2) is 30.9 Å². The predicted octanol–water partition coefficient (Wildman–Crippen LogP) is 3.21. The molecule has 2 aromatic rings. The molecule has 2 heterocycles. The van der Waals surface area contributed by atoms with Crippen molar-refractivity contribution < 1.29 is 4.74 Å². The maximum atomic E-state index is 5.77. The van der Waals surface area contributed by atoms with Gasteiger partial charge in [0.05, 0.1) is 11.2 Å². The van der Waals surface area contributed by atoms with E-state index in [0.717, 1.165) is 5.56 Å². The zero-order valence-corrected chi connectivity index (χ0v) is 10.4. The number of aromatic nitrogens is 3. The zero-order chi connectivity index (χ0) is 11.4. The Hall–Kier alpha value is -1.20. The first-order valence-electron chi connectivity index (χ1n) is 4.43. The lowest BCUT2D eigenvalue weighted by Crippen LogP contribution is -1.93. The highest BCUT2D eigenvalue weighted by Crippen LogP contribution is 2.19. The van der Waals surface area contributed by atoms with Crippen LogP contribution in [-0.2, 0) is 5.33 Å². The fourth-order valence-corrected chi connectivity index (χ4v) is 1.47. The predicted molar refractivity (Wildman–Crippen MR) is 64.0 cm³/mol. The molecule has 0 unspecified atom stereocenters. The normalized spacial score (nSPS) is 10.1. The molecule has 2 rings (SSSR count). The van der Waals surface area contributed by atoms with Crippen molar-refractivity contribution in [1.82, 2.24) is 15.0 Å². The summed E-state index contributed by atoms with van der Waals surface area (Å²) in [5.74, 6) is 0.513. The van der Waals surface area contributed by atoms with Gasteiger partial charge in [0.1, 0.15) is 0 Å². The molecule has 4 nitrogen and oxygen atoms in total. The molecular weight excluding hydrogens is 293 g/mol. The molecule has 0 N–H and O–H groups in total. The monoisotopic (exact) mass is 299 g/mol. The van der Waals surface area contributed by atoms with Crippen molar-refractivity contribution in [3.05, 3.63) is 41.4 Å². The van der Waals surface area contributed by atoms with Crippen molar-refractivity contribution in [2.45, 2.75) is 5.33 Å². The number of hydrogen-bond donors (Lipinski definition) is 0. The molecule has 0 saturated heterocycles. The molecule has 0 aliphatic carbocycles. The second-order valence-electron chi connectivity index (χ2n) is 2.95. The first-order valence-corrected chi connectivity index (χ1v) is 5.93. The lowest BCUT2D eigenvalue weighted by Gasteiger charge is -2.03. The minimum absolute atomic E-state index is 0.272. The number of hydrogen-bond acceptors (Lipinski definition) is 4. The average Bonchev–Trinajstić information content (AvgIpc) is 2.30. The Morgan fingerprint density at radius 2 is 1.94 bits per heavy atom. The number of rotatable bonds is 3. The van der Waals surface area contributed by atoms with E-state index in [1.165, 1.54) is 6.20 Å². The molecule has 0 aliphatic rings. The molecule has 2 aromatic heterocycles. The van der Waals surface area contributed by atoms with E-state index in [-0.39, 0.29) is 6.01 Å². The van der Waals surface area contributed by atoms with E-state index in [4.69, 9.17) is 16.3 Å². The third-order valence-electron chi connectivity index (χ3n) is 1.72. The van der Waals surface area contributed by atoms with Gasteiger partial charge in [0.25, 0.3) is 0 Å². The van der Waals surface area contributed by atoms with E-state index < -0.39 is 0 Å². The molecule has 0 amide bonds. The van der Waals surface area contributed by atoms with Gasteiger partial charge in [0, 0.05) is 30.0 Å². The summed E-state index contributed by atoms with van der Waals surface area (Å²) in [7, 11) is 0. The van der Waals surface area contributed by atoms with Gasteiger partial charge in [-0.25, -0.2) is 9.97 Å². The Labute approximate surface area is 106 Å². The van der Waals surface area contributed by atoms with Crippen molar-refractivity contribution >= 4 is 27.5 Å². The van der Waals surface area contributed by atoms with Gasteiger partial charge in [0.2, 0.25) is 0 Å². The van der Waals surface area contributed by atoms with Gasteiger partial charge in [-0.2, -0.15) is 0 Å². The number of pyridine rings is 1. The molecule has 16 heavy (non-hydrogen) atoms. The van der Waals surface area contributed by atoms with Gasteiger partial charge in [-0.1, -0.05) is 27.5 Å². The van der Waals surface area contributed by atoms with Crippen LogP contribution in [0, 0.1) is 0 Å². The second-order valence-corrected chi connectivity index (χ2v) is 3.95. The van der Waals surface area contributed by atoms with Crippen LogP contribution in [0.5, 0.6) is 11.8 Å². The zero-order valence-electron chi connectivity index (χ0n) is 8.10. The summed E-state index contributed by atoms with van der Waals surface area (Å²) in [6.07, 6.45) is 6.46. The van der Waals surface area contributed by atoms with Crippen LogP contribution in [0.3, 0.4) is 0 Å². The number of nitrogens with zero attached hydrogens (tertiary/aromatic N) is 3. The quantitative estimate of drug-likeness (QED) is 0.817. The molecule has 0 radical (unpaired) electrons. The standard InChI is InChI=1S/C10H7BrClN3O/c11-2-7-3-14-10(15-4-7)16-9-1-8(12)5-13-6-9/h1,3-6H,2H2. The Balaban J connectivity index is 2.14. The summed E-state index contributed by atoms with van der Waals surface area (Å²) >= 11 is 9.08. The molecule has 82 valence electrons. The highest BCUT2D eigenvalue weighted by atomic mass is 79.9. The molecule has 6 heteroatoms. The molecule has 0 atom stereocenters. The molecule has 0 bridgehead atoms. The van der Waals surface area contributed by atoms with Crippen molar-refractivity contribution in [3.8, 4) is 11.8 Å². The Morgan fingerprint density at radius 1 is 1.19 bits per heavy atom. The van der Waals surface area contributed by atoms with E-state index in [9.17, 15) is 0 Å². The number of halogens is 2. The van der Waals surface area contributed by atoms with Crippen LogP contribution in [0.4, 0.5) is 0 Å². The van der Waals surface area contributed by atoms with Crippen molar-refractivity contribution in [3.63, 3.8) is 0 Å². The summed E-state index contributed by atoms with van der Waals surface area (Å²) in [4.78, 5) is 12.0. The minimum Gasteiger partial charge on any atom is -0.423 e. The summed E-state index contributed by atoms with van der Waals surface area (Å²) in [6, 6.07) is 1.92. The summed E-state index contributed by atoms with van der Waals surface area (Å²) < 4.78 is 5.37. The maximum Gasteiger partial charge on any atom is 0.321 e. The van der Waals surface area contributed by atoms with E-state index in [1.54, 1.807) is 24.7 Å². The second kappa shape index (κ2) is 5.23. The van der Waals surface area contributed by atoms with E-state index in [1.807, 2.05) is 0 Å². The SMILES string of the molecule is Clc1cncc(Oc2ncc(CBr)cn2)c1. The van der Waals surface area contributed by atoms with Gasteiger partial charge in [-0.3, -0.25) is 4.98 Å². The topological polar surface area (TPSA) is 47.9 Å². The van der Waals surface area contributed by atoms with Crippen molar-refractivity contribution in [2.24, 2.45) is 0 Å². The van der Waals surface area contributed by atoms with E-state index in [2.05, 4.69) is 30.9 Å². The molecular formula is C10H7BrClN3O. The third kappa shape index (κ3) is 2.90. The largest absolute Gasteiger partial charge is 0.423 e. The van der Waals surface area contributed by atoms with Gasteiger partial charge < -0.3 is 4.74 Å². The highest BCUT2D eigenvalue weighted by Gasteiger charge is 2.01. The minimum atomic E-state index is 0.272. The van der Waals surface area contributed by atoms with Crippen molar-refractivity contribution in [1.29, 1.82) is 0 Å². The van der Waals surface area contributed by atoms with Gasteiger partial charge in [0.15, 0.2) is 5.75 Å². The lowest BCUT2D eigenvalue weighted by molar-refractivity contribution is 0.439.